The van der Waals surface area contributed by atoms with Gasteiger partial charge in [0.2, 0.25) is 0 Å². The van der Waals surface area contributed by atoms with Crippen molar-refractivity contribution < 1.29 is 38.1 Å². The molecule has 206 valence electrons. The highest BCUT2D eigenvalue weighted by Crippen LogP contribution is 2.35. The minimum absolute atomic E-state index is 0.0768. The monoisotopic (exact) mass is 606 g/mol. The largest absolute Gasteiger partial charge is 0.462 e. The summed E-state index contributed by atoms with van der Waals surface area (Å²) in [6.07, 6.45) is 4.78. The van der Waals surface area contributed by atoms with E-state index < -0.39 is 35.4 Å². The van der Waals surface area contributed by atoms with Crippen LogP contribution in [0.3, 0.4) is 0 Å². The molecule has 0 aliphatic rings. The van der Waals surface area contributed by atoms with E-state index in [4.69, 9.17) is 65.4 Å². The molecule has 0 heterocycles. The first kappa shape index (κ1) is 31.7. The van der Waals surface area contributed by atoms with E-state index in [2.05, 4.69) is 0 Å². The molecule has 0 bridgehead atoms. The van der Waals surface area contributed by atoms with E-state index in [1.165, 1.54) is 24.3 Å². The predicted octanol–water partition coefficient (Wildman–Crippen LogP) is 7.51. The molecule has 0 radical (unpaired) electrons. The van der Waals surface area contributed by atoms with Crippen molar-refractivity contribution in [2.45, 2.75) is 52.4 Å². The number of benzene rings is 2. The van der Waals surface area contributed by atoms with Gasteiger partial charge < -0.3 is 18.9 Å². The van der Waals surface area contributed by atoms with Crippen LogP contribution in [-0.4, -0.2) is 37.1 Å². The van der Waals surface area contributed by atoms with Gasteiger partial charge in [-0.3, -0.25) is 0 Å². The Balaban J connectivity index is 2.23. The smallest absolute Gasteiger partial charge is 0.423 e. The van der Waals surface area contributed by atoms with Crippen molar-refractivity contribution in [3.8, 4) is 11.5 Å². The number of rotatable bonds is 12. The maximum absolute atomic E-state index is 12.6. The predicted molar refractivity (Wildman–Crippen MR) is 144 cm³/mol. The van der Waals surface area contributed by atoms with E-state index in [0.717, 1.165) is 25.7 Å². The van der Waals surface area contributed by atoms with Crippen LogP contribution in [0.4, 0.5) is 0 Å². The lowest BCUT2D eigenvalue weighted by Gasteiger charge is -2.14. The maximum atomic E-state index is 12.6. The zero-order valence-electron chi connectivity index (χ0n) is 20.7. The molecule has 12 heteroatoms. The Kier molecular flexibility index (Phi) is 13.2. The number of hydrogen-bond acceptors (Lipinski definition) is 8. The van der Waals surface area contributed by atoms with Gasteiger partial charge in [-0.25, -0.2) is 19.2 Å². The number of carbonyl (C=O) groups excluding carboxylic acids is 4. The lowest BCUT2D eigenvalue weighted by molar-refractivity contribution is -0.156. The molecule has 38 heavy (non-hydrogen) atoms. The van der Waals surface area contributed by atoms with Crippen molar-refractivity contribution in [2.24, 2.45) is 0 Å². The summed E-state index contributed by atoms with van der Waals surface area (Å²) in [4.78, 5) is 50.4. The van der Waals surface area contributed by atoms with Gasteiger partial charge in [0.25, 0.3) is 0 Å². The molecule has 8 nitrogen and oxygen atoms in total. The van der Waals surface area contributed by atoms with Crippen LogP contribution in [0, 0.1) is 0 Å². The van der Waals surface area contributed by atoms with Crippen LogP contribution >= 0.6 is 46.4 Å². The molecule has 0 spiro atoms. The summed E-state index contributed by atoms with van der Waals surface area (Å²) in [7, 11) is 0. The SMILES string of the molecule is CCCCCOC(=O)c1cc(Cl)cc(Cl)c1OC(=O)C(=O)Oc1c(Cl)cc(Cl)cc1C(=O)OCCCCC. The van der Waals surface area contributed by atoms with Gasteiger partial charge in [0, 0.05) is 10.0 Å². The van der Waals surface area contributed by atoms with Gasteiger partial charge in [-0.15, -0.1) is 0 Å². The van der Waals surface area contributed by atoms with Gasteiger partial charge in [-0.05, 0) is 37.1 Å². The molecule has 0 fully saturated rings. The van der Waals surface area contributed by atoms with E-state index in [9.17, 15) is 19.2 Å². The number of hydrogen-bond donors (Lipinski definition) is 0. The summed E-state index contributed by atoms with van der Waals surface area (Å²) in [5.41, 5.74) is -0.526. The minimum atomic E-state index is -1.55. The third-order valence-electron chi connectivity index (χ3n) is 4.97. The van der Waals surface area contributed by atoms with Crippen molar-refractivity contribution >= 4 is 70.3 Å². The number of halogens is 4. The fourth-order valence-electron chi connectivity index (χ4n) is 3.09. The van der Waals surface area contributed by atoms with E-state index in [1.807, 2.05) is 13.8 Å². The fourth-order valence-corrected chi connectivity index (χ4v) is 4.15. The lowest BCUT2D eigenvalue weighted by atomic mass is 10.2. The van der Waals surface area contributed by atoms with Crippen molar-refractivity contribution in [3.05, 3.63) is 55.5 Å². The summed E-state index contributed by atoms with van der Waals surface area (Å²) in [5, 5.41) is -0.291. The third kappa shape index (κ3) is 9.34. The second-order valence-electron chi connectivity index (χ2n) is 7.99. The fraction of sp³-hybridized carbons (Fsp3) is 0.385. The van der Waals surface area contributed by atoms with Crippen LogP contribution < -0.4 is 9.47 Å². The van der Waals surface area contributed by atoms with E-state index in [-0.39, 0.29) is 44.4 Å². The highest BCUT2D eigenvalue weighted by molar-refractivity contribution is 6.38. The molecule has 0 unspecified atom stereocenters. The van der Waals surface area contributed by atoms with Gasteiger partial charge >= 0.3 is 23.9 Å². The Morgan fingerprint density at radius 3 is 1.32 bits per heavy atom. The standard InChI is InChI=1S/C26H26Cl4O8/c1-3-5-7-9-35-23(31)17-11-15(27)13-19(29)21(17)37-25(33)26(34)38-22-18(12-16(28)14-20(22)30)24(32)36-10-8-6-4-2/h11-14H,3-10H2,1-2H3. The normalized spacial score (nSPS) is 10.6. The lowest BCUT2D eigenvalue weighted by Crippen LogP contribution is -2.27. The first-order valence-corrected chi connectivity index (χ1v) is 13.4. The molecule has 0 atom stereocenters. The average molecular weight is 608 g/mol. The van der Waals surface area contributed by atoms with Crippen LogP contribution in [0.5, 0.6) is 11.5 Å². The third-order valence-corrected chi connectivity index (χ3v) is 5.97. The molecule has 0 aliphatic heterocycles. The van der Waals surface area contributed by atoms with Gasteiger partial charge in [0.15, 0.2) is 11.5 Å². The van der Waals surface area contributed by atoms with E-state index in [0.29, 0.717) is 12.8 Å². The van der Waals surface area contributed by atoms with Crippen molar-refractivity contribution in [2.75, 3.05) is 13.2 Å². The number of carbonyl (C=O) groups is 4. The number of unbranched alkanes of at least 4 members (excludes halogenated alkanes) is 4. The first-order valence-electron chi connectivity index (χ1n) is 11.8. The van der Waals surface area contributed by atoms with Gasteiger partial charge in [-0.2, -0.15) is 0 Å². The molecular formula is C26H26Cl4O8. The Bertz CT molecular complexity index is 1090. The molecule has 2 aromatic carbocycles. The summed E-state index contributed by atoms with van der Waals surface area (Å²) in [5.74, 6) is -5.70. The molecule has 0 aliphatic carbocycles. The molecule has 2 aromatic rings. The minimum Gasteiger partial charge on any atom is -0.462 e. The van der Waals surface area contributed by atoms with Crippen molar-refractivity contribution in [1.82, 2.24) is 0 Å². The topological polar surface area (TPSA) is 105 Å². The molecule has 2 rings (SSSR count). The number of esters is 4. The van der Waals surface area contributed by atoms with Crippen molar-refractivity contribution in [1.29, 1.82) is 0 Å². The van der Waals surface area contributed by atoms with E-state index in [1.54, 1.807) is 0 Å². The van der Waals surface area contributed by atoms with Crippen molar-refractivity contribution in [3.63, 3.8) is 0 Å². The molecule has 0 saturated heterocycles. The number of ether oxygens (including phenoxy) is 4. The summed E-state index contributed by atoms with van der Waals surface area (Å²) >= 11 is 24.3. The van der Waals surface area contributed by atoms with Crippen LogP contribution in [-0.2, 0) is 19.1 Å². The van der Waals surface area contributed by atoms with E-state index >= 15 is 0 Å². The van der Waals surface area contributed by atoms with Gasteiger partial charge in [0.05, 0.1) is 23.3 Å². The molecule has 0 amide bonds. The van der Waals surface area contributed by atoms with Crippen LogP contribution in [0.2, 0.25) is 20.1 Å². The van der Waals surface area contributed by atoms with Crippen LogP contribution in [0.1, 0.15) is 73.1 Å². The molecular weight excluding hydrogens is 582 g/mol. The molecule has 0 saturated carbocycles. The van der Waals surface area contributed by atoms with Crippen LogP contribution in [0.25, 0.3) is 0 Å². The Morgan fingerprint density at radius 1 is 0.605 bits per heavy atom. The summed E-state index contributed by atoms with van der Waals surface area (Å²) in [6, 6.07) is 4.81. The Morgan fingerprint density at radius 2 is 0.974 bits per heavy atom. The Labute approximate surface area is 240 Å². The highest BCUT2D eigenvalue weighted by atomic mass is 35.5. The zero-order valence-corrected chi connectivity index (χ0v) is 23.8. The second kappa shape index (κ2) is 15.8. The second-order valence-corrected chi connectivity index (χ2v) is 9.68. The summed E-state index contributed by atoms with van der Waals surface area (Å²) in [6.45, 7) is 4.23. The first-order chi connectivity index (χ1) is 18.1. The van der Waals surface area contributed by atoms with Gasteiger partial charge in [0.1, 0.15) is 11.1 Å². The Hall–Kier alpha value is -2.52. The van der Waals surface area contributed by atoms with Crippen LogP contribution in [0.15, 0.2) is 24.3 Å². The average Bonchev–Trinajstić information content (AvgIpc) is 2.86. The highest BCUT2D eigenvalue weighted by Gasteiger charge is 2.29. The van der Waals surface area contributed by atoms with Gasteiger partial charge in [-0.1, -0.05) is 85.9 Å². The maximum Gasteiger partial charge on any atom is 0.423 e. The molecule has 0 aromatic heterocycles. The quantitative estimate of drug-likeness (QED) is 0.106. The molecule has 0 N–H and O–H groups in total. The zero-order chi connectivity index (χ0) is 28.2. The summed E-state index contributed by atoms with van der Waals surface area (Å²) < 4.78 is 20.5.